The van der Waals surface area contributed by atoms with Crippen molar-refractivity contribution in [2.75, 3.05) is 7.11 Å². The highest BCUT2D eigenvalue weighted by Gasteiger charge is 2.22. The number of hydrogen-bond acceptors (Lipinski definition) is 4. The van der Waals surface area contributed by atoms with Crippen LogP contribution < -0.4 is 9.47 Å². The summed E-state index contributed by atoms with van der Waals surface area (Å²) in [6.45, 7) is 12.2. The smallest absolute Gasteiger partial charge is 0.302 e. The van der Waals surface area contributed by atoms with Gasteiger partial charge in [0.1, 0.15) is 17.1 Å². The van der Waals surface area contributed by atoms with E-state index >= 15 is 0 Å². The summed E-state index contributed by atoms with van der Waals surface area (Å²) in [5, 5.41) is 0. The first kappa shape index (κ1) is 17.4. The van der Waals surface area contributed by atoms with E-state index < -0.39 is 8.32 Å². The van der Waals surface area contributed by atoms with Gasteiger partial charge in [0.05, 0.1) is 7.11 Å². The number of hydrogen-bond donors (Lipinski definition) is 0. The summed E-state index contributed by atoms with van der Waals surface area (Å²) in [5.74, 6) is 1.90. The summed E-state index contributed by atoms with van der Waals surface area (Å²) < 4.78 is 22.4. The van der Waals surface area contributed by atoms with E-state index in [-0.39, 0.29) is 5.60 Å². The highest BCUT2D eigenvalue weighted by atomic mass is 28.4. The summed E-state index contributed by atoms with van der Waals surface area (Å²) >= 11 is 0. The fourth-order valence-electron chi connectivity index (χ4n) is 1.44. The Bertz CT molecular complexity index is 449. The van der Waals surface area contributed by atoms with E-state index in [4.69, 9.17) is 18.6 Å². The lowest BCUT2D eigenvalue weighted by molar-refractivity contribution is -0.0132. The molecule has 5 heteroatoms. The molecule has 0 saturated heterocycles. The lowest BCUT2D eigenvalue weighted by Crippen LogP contribution is -2.29. The van der Waals surface area contributed by atoms with Crippen molar-refractivity contribution in [3.8, 4) is 11.5 Å². The van der Waals surface area contributed by atoms with Gasteiger partial charge < -0.3 is 18.6 Å². The molecule has 0 saturated carbocycles. The topological polar surface area (TPSA) is 36.9 Å². The van der Waals surface area contributed by atoms with Crippen LogP contribution >= 0.6 is 0 Å². The van der Waals surface area contributed by atoms with E-state index in [0.717, 1.165) is 5.75 Å². The van der Waals surface area contributed by atoms with Crippen LogP contribution in [-0.4, -0.2) is 21.0 Å². The van der Waals surface area contributed by atoms with Gasteiger partial charge in [-0.1, -0.05) is 0 Å². The zero-order valence-corrected chi connectivity index (χ0v) is 15.0. The molecule has 0 aromatic heterocycles. The first-order chi connectivity index (χ1) is 9.59. The molecule has 0 unspecified atom stereocenters. The molecule has 0 fully saturated rings. The molecule has 0 N–H and O–H groups in total. The minimum atomic E-state index is -1.77. The van der Waals surface area contributed by atoms with Gasteiger partial charge >= 0.3 is 5.95 Å². The van der Waals surface area contributed by atoms with Crippen molar-refractivity contribution in [3.63, 3.8) is 0 Å². The van der Waals surface area contributed by atoms with Crippen molar-refractivity contribution in [1.82, 2.24) is 0 Å². The molecule has 0 aliphatic rings. The van der Waals surface area contributed by atoms with Crippen molar-refractivity contribution >= 4 is 8.32 Å². The van der Waals surface area contributed by atoms with Crippen molar-refractivity contribution in [2.24, 2.45) is 0 Å². The summed E-state index contributed by atoms with van der Waals surface area (Å²) in [6.07, 6.45) is 1.52. The Labute approximate surface area is 128 Å². The summed E-state index contributed by atoms with van der Waals surface area (Å²) in [4.78, 5) is 0. The van der Waals surface area contributed by atoms with Crippen LogP contribution in [0.5, 0.6) is 11.5 Å². The molecule has 0 amide bonds. The third kappa shape index (κ3) is 7.65. The predicted octanol–water partition coefficient (Wildman–Crippen LogP) is 4.54. The van der Waals surface area contributed by atoms with Gasteiger partial charge in [-0.15, -0.1) is 0 Å². The van der Waals surface area contributed by atoms with Crippen LogP contribution in [0.15, 0.2) is 36.5 Å². The van der Waals surface area contributed by atoms with Crippen LogP contribution in [0.3, 0.4) is 0 Å². The molecule has 118 valence electrons. The van der Waals surface area contributed by atoms with Crippen LogP contribution in [0.4, 0.5) is 0 Å². The average molecular weight is 310 g/mol. The Hall–Kier alpha value is -1.62. The number of methoxy groups -OCH3 is 1. The van der Waals surface area contributed by atoms with Gasteiger partial charge in [0.15, 0.2) is 6.26 Å². The second-order valence-corrected chi connectivity index (χ2v) is 11.1. The molecule has 21 heavy (non-hydrogen) atoms. The van der Waals surface area contributed by atoms with Crippen LogP contribution in [0.25, 0.3) is 0 Å². The zero-order chi connectivity index (χ0) is 16.1. The van der Waals surface area contributed by atoms with Crippen molar-refractivity contribution in [3.05, 3.63) is 36.5 Å². The second-order valence-electron chi connectivity index (χ2n) is 6.66. The van der Waals surface area contributed by atoms with E-state index in [9.17, 15) is 0 Å². The molecule has 1 aromatic carbocycles. The minimum absolute atomic E-state index is 0.339. The van der Waals surface area contributed by atoms with Crippen molar-refractivity contribution in [2.45, 2.75) is 46.0 Å². The monoisotopic (exact) mass is 310 g/mol. The maximum atomic E-state index is 5.91. The molecule has 4 nitrogen and oxygen atoms in total. The lowest BCUT2D eigenvalue weighted by atomic mass is 10.2. The van der Waals surface area contributed by atoms with Gasteiger partial charge in [0.25, 0.3) is 0 Å². The fraction of sp³-hybridized carbons (Fsp3) is 0.500. The first-order valence-corrected chi connectivity index (χ1v) is 10.4. The fourth-order valence-corrected chi connectivity index (χ4v) is 2.14. The lowest BCUT2D eigenvalue weighted by Gasteiger charge is -2.27. The molecule has 0 aliphatic carbocycles. The number of ether oxygens (including phenoxy) is 3. The molecule has 0 atom stereocenters. The van der Waals surface area contributed by atoms with Crippen molar-refractivity contribution in [1.29, 1.82) is 0 Å². The van der Waals surface area contributed by atoms with Gasteiger partial charge in [-0.3, -0.25) is 0 Å². The van der Waals surface area contributed by atoms with E-state index in [1.807, 2.05) is 45.0 Å². The Kier molecular flexibility index (Phi) is 5.72. The molecule has 0 bridgehead atoms. The Morgan fingerprint density at radius 3 is 1.95 bits per heavy atom. The van der Waals surface area contributed by atoms with Gasteiger partial charge in [-0.2, -0.15) is 0 Å². The van der Waals surface area contributed by atoms with Gasteiger partial charge in [-0.25, -0.2) is 0 Å². The molecular formula is C16H26O4Si. The van der Waals surface area contributed by atoms with E-state index in [2.05, 4.69) is 19.6 Å². The Morgan fingerprint density at radius 1 is 1.00 bits per heavy atom. The maximum Gasteiger partial charge on any atom is 0.302 e. The normalized spacial score (nSPS) is 12.8. The largest absolute Gasteiger partial charge is 0.517 e. The van der Waals surface area contributed by atoms with Crippen molar-refractivity contribution < 1.29 is 18.6 Å². The van der Waals surface area contributed by atoms with Gasteiger partial charge in [-0.05, 0) is 64.7 Å². The minimum Gasteiger partial charge on any atom is -0.517 e. The summed E-state index contributed by atoms with van der Waals surface area (Å²) in [7, 11) is -0.134. The Balaban J connectivity index is 2.80. The quantitative estimate of drug-likeness (QED) is 0.571. The van der Waals surface area contributed by atoms with E-state index in [0.29, 0.717) is 11.7 Å². The highest BCUT2D eigenvalue weighted by molar-refractivity contribution is 6.69. The van der Waals surface area contributed by atoms with Gasteiger partial charge in [0, 0.05) is 0 Å². The van der Waals surface area contributed by atoms with Crippen LogP contribution in [-0.2, 0) is 9.16 Å². The Morgan fingerprint density at radius 2 is 1.52 bits per heavy atom. The van der Waals surface area contributed by atoms with Gasteiger partial charge in [0.2, 0.25) is 8.32 Å². The van der Waals surface area contributed by atoms with Crippen LogP contribution in [0, 0.1) is 0 Å². The predicted molar refractivity (Wildman–Crippen MR) is 87.0 cm³/mol. The second kappa shape index (κ2) is 6.89. The third-order valence-electron chi connectivity index (χ3n) is 2.16. The molecule has 1 aromatic rings. The molecule has 0 aliphatic heterocycles. The summed E-state index contributed by atoms with van der Waals surface area (Å²) in [5.41, 5.74) is -0.339. The zero-order valence-electron chi connectivity index (χ0n) is 14.0. The van der Waals surface area contributed by atoms with Crippen LogP contribution in [0.2, 0.25) is 19.6 Å². The number of benzene rings is 1. The molecular weight excluding hydrogens is 284 g/mol. The summed E-state index contributed by atoms with van der Waals surface area (Å²) in [6, 6.07) is 7.34. The molecule has 0 heterocycles. The SMILES string of the molecule is COc1ccc(O/C=C(\OC(C)(C)C)O[Si](C)(C)C)cc1. The highest BCUT2D eigenvalue weighted by Crippen LogP contribution is 2.21. The van der Waals surface area contributed by atoms with E-state index in [1.165, 1.54) is 6.26 Å². The van der Waals surface area contributed by atoms with Crippen LogP contribution in [0.1, 0.15) is 20.8 Å². The third-order valence-corrected chi connectivity index (χ3v) is 2.98. The molecule has 0 radical (unpaired) electrons. The molecule has 0 spiro atoms. The van der Waals surface area contributed by atoms with E-state index in [1.54, 1.807) is 7.11 Å². The average Bonchev–Trinajstić information content (AvgIpc) is 2.33. The molecule has 1 rings (SSSR count). The first-order valence-electron chi connectivity index (χ1n) is 6.98. The number of rotatable bonds is 6. The standard InChI is InChI=1S/C16H26O4Si/c1-16(2,3)19-15(20-21(5,6)7)12-18-14-10-8-13(17-4)9-11-14/h8-12H,1-7H3/b15-12+. The maximum absolute atomic E-state index is 5.91.